The highest BCUT2D eigenvalue weighted by atomic mass is 16.5. The third-order valence-electron chi connectivity index (χ3n) is 2.02. The highest BCUT2D eigenvalue weighted by molar-refractivity contribution is 5.76. The smallest absolute Gasteiger partial charge is 0.313 e. The molecule has 3 heteroatoms. The molecule has 80 valence electrons. The molecule has 0 heterocycles. The van der Waals surface area contributed by atoms with Gasteiger partial charge < -0.3 is 9.84 Å². The van der Waals surface area contributed by atoms with Gasteiger partial charge in [0.05, 0.1) is 13.2 Å². The Morgan fingerprint density at radius 3 is 2.67 bits per heavy atom. The molecule has 0 aliphatic heterocycles. The molecule has 1 atom stereocenters. The lowest BCUT2D eigenvalue weighted by Crippen LogP contribution is -2.17. The van der Waals surface area contributed by atoms with Gasteiger partial charge in [-0.05, 0) is 5.56 Å². The molecule has 1 aromatic rings. The monoisotopic (exact) mass is 206 g/mol. The molecule has 0 radical (unpaired) electrons. The van der Waals surface area contributed by atoms with Crippen molar-refractivity contribution in [2.24, 2.45) is 0 Å². The highest BCUT2D eigenvalue weighted by Gasteiger charge is 2.19. The van der Waals surface area contributed by atoms with E-state index in [4.69, 9.17) is 9.84 Å². The third-order valence-corrected chi connectivity index (χ3v) is 2.02. The Bertz CT molecular complexity index is 319. The first-order valence-electron chi connectivity index (χ1n) is 4.72. The van der Waals surface area contributed by atoms with Crippen molar-refractivity contribution in [2.75, 3.05) is 13.2 Å². The van der Waals surface area contributed by atoms with Crippen LogP contribution in [0.3, 0.4) is 0 Å². The van der Waals surface area contributed by atoms with Crippen molar-refractivity contribution in [3.8, 4) is 0 Å². The summed E-state index contributed by atoms with van der Waals surface area (Å²) in [4.78, 5) is 11.0. The van der Waals surface area contributed by atoms with Crippen LogP contribution >= 0.6 is 0 Å². The normalized spacial score (nSPS) is 12.0. The van der Waals surface area contributed by atoms with Gasteiger partial charge in [0, 0.05) is 0 Å². The minimum Gasteiger partial charge on any atom is -0.481 e. The zero-order valence-corrected chi connectivity index (χ0v) is 8.43. The Morgan fingerprint density at radius 2 is 2.13 bits per heavy atom. The van der Waals surface area contributed by atoms with E-state index in [0.29, 0.717) is 6.61 Å². The molecule has 0 saturated carbocycles. The maximum Gasteiger partial charge on any atom is 0.313 e. The minimum atomic E-state index is -0.870. The predicted molar refractivity (Wildman–Crippen MR) is 57.8 cm³/mol. The fraction of sp³-hybridized carbons (Fsp3) is 0.250. The van der Waals surface area contributed by atoms with Crippen molar-refractivity contribution in [2.45, 2.75) is 5.92 Å². The van der Waals surface area contributed by atoms with Gasteiger partial charge in [0.15, 0.2) is 0 Å². The predicted octanol–water partition coefficient (Wildman–Crippen LogP) is 2.06. The summed E-state index contributed by atoms with van der Waals surface area (Å²) >= 11 is 0. The second-order valence-electron chi connectivity index (χ2n) is 3.13. The third kappa shape index (κ3) is 3.56. The van der Waals surface area contributed by atoms with Gasteiger partial charge in [0.1, 0.15) is 5.92 Å². The van der Waals surface area contributed by atoms with Crippen LogP contribution in [-0.2, 0) is 9.53 Å². The number of benzene rings is 1. The van der Waals surface area contributed by atoms with Gasteiger partial charge in [0.25, 0.3) is 0 Å². The number of carboxylic acid groups (broad SMARTS) is 1. The molecule has 0 fully saturated rings. The summed E-state index contributed by atoms with van der Waals surface area (Å²) in [5.41, 5.74) is 0.758. The lowest BCUT2D eigenvalue weighted by atomic mass is 10.0. The number of aliphatic carboxylic acids is 1. The van der Waals surface area contributed by atoms with Gasteiger partial charge in [-0.2, -0.15) is 0 Å². The van der Waals surface area contributed by atoms with Gasteiger partial charge in [-0.1, -0.05) is 36.4 Å². The molecule has 3 nitrogen and oxygen atoms in total. The van der Waals surface area contributed by atoms with E-state index < -0.39 is 11.9 Å². The number of ether oxygens (including phenoxy) is 1. The zero-order chi connectivity index (χ0) is 11.1. The van der Waals surface area contributed by atoms with Crippen LogP contribution in [0.5, 0.6) is 0 Å². The quantitative estimate of drug-likeness (QED) is 0.572. The molecular formula is C12H14O3. The number of carboxylic acids is 1. The van der Waals surface area contributed by atoms with E-state index in [-0.39, 0.29) is 6.61 Å². The van der Waals surface area contributed by atoms with Crippen LogP contribution in [-0.4, -0.2) is 24.3 Å². The van der Waals surface area contributed by atoms with Crippen molar-refractivity contribution in [1.29, 1.82) is 0 Å². The maximum atomic E-state index is 11.0. The van der Waals surface area contributed by atoms with Crippen LogP contribution in [0.25, 0.3) is 0 Å². The highest BCUT2D eigenvalue weighted by Crippen LogP contribution is 2.15. The van der Waals surface area contributed by atoms with E-state index in [9.17, 15) is 4.79 Å². The van der Waals surface area contributed by atoms with E-state index in [1.807, 2.05) is 18.2 Å². The summed E-state index contributed by atoms with van der Waals surface area (Å²) in [5, 5.41) is 9.02. The van der Waals surface area contributed by atoms with E-state index in [0.717, 1.165) is 5.56 Å². The fourth-order valence-electron chi connectivity index (χ4n) is 1.26. The molecule has 0 aliphatic carbocycles. The Labute approximate surface area is 89.0 Å². The summed E-state index contributed by atoms with van der Waals surface area (Å²) in [5.74, 6) is -1.48. The first-order chi connectivity index (χ1) is 7.25. The molecule has 15 heavy (non-hydrogen) atoms. The van der Waals surface area contributed by atoms with Crippen LogP contribution in [0.4, 0.5) is 0 Å². The summed E-state index contributed by atoms with van der Waals surface area (Å²) in [7, 11) is 0. The molecule has 0 aliphatic rings. The molecular weight excluding hydrogens is 192 g/mol. The molecule has 0 bridgehead atoms. The Kier molecular flexibility index (Phi) is 4.57. The second kappa shape index (κ2) is 5.98. The van der Waals surface area contributed by atoms with Crippen LogP contribution in [0, 0.1) is 0 Å². The van der Waals surface area contributed by atoms with E-state index in [1.54, 1.807) is 18.2 Å². The molecule has 0 aromatic heterocycles. The molecule has 1 unspecified atom stereocenters. The second-order valence-corrected chi connectivity index (χ2v) is 3.13. The SMILES string of the molecule is C=CCOCC(C(=O)O)c1ccccc1. The maximum absolute atomic E-state index is 11.0. The fourth-order valence-corrected chi connectivity index (χ4v) is 1.26. The van der Waals surface area contributed by atoms with Crippen molar-refractivity contribution in [1.82, 2.24) is 0 Å². The van der Waals surface area contributed by atoms with Crippen LogP contribution < -0.4 is 0 Å². The van der Waals surface area contributed by atoms with Gasteiger partial charge in [0.2, 0.25) is 0 Å². The van der Waals surface area contributed by atoms with Gasteiger partial charge in [-0.15, -0.1) is 6.58 Å². The average Bonchev–Trinajstić information content (AvgIpc) is 2.25. The molecule has 1 N–H and O–H groups in total. The van der Waals surface area contributed by atoms with Gasteiger partial charge in [-0.25, -0.2) is 0 Å². The van der Waals surface area contributed by atoms with Crippen molar-refractivity contribution >= 4 is 5.97 Å². The zero-order valence-electron chi connectivity index (χ0n) is 8.43. The molecule has 0 saturated heterocycles. The molecule has 1 rings (SSSR count). The molecule has 0 spiro atoms. The van der Waals surface area contributed by atoms with Crippen LogP contribution in [0.1, 0.15) is 11.5 Å². The summed E-state index contributed by atoms with van der Waals surface area (Å²) < 4.78 is 5.16. The van der Waals surface area contributed by atoms with E-state index in [2.05, 4.69) is 6.58 Å². The molecule has 0 amide bonds. The van der Waals surface area contributed by atoms with Crippen molar-refractivity contribution in [3.63, 3.8) is 0 Å². The standard InChI is InChI=1S/C12H14O3/c1-2-8-15-9-11(12(13)14)10-6-4-3-5-7-10/h2-7,11H,1,8-9H2,(H,13,14). The van der Waals surface area contributed by atoms with E-state index in [1.165, 1.54) is 0 Å². The van der Waals surface area contributed by atoms with Crippen LogP contribution in [0.2, 0.25) is 0 Å². The Hall–Kier alpha value is -1.61. The molecule has 1 aromatic carbocycles. The van der Waals surface area contributed by atoms with Gasteiger partial charge >= 0.3 is 5.97 Å². The lowest BCUT2D eigenvalue weighted by Gasteiger charge is -2.12. The summed E-state index contributed by atoms with van der Waals surface area (Å²) in [6, 6.07) is 9.07. The largest absolute Gasteiger partial charge is 0.481 e. The number of rotatable bonds is 6. The van der Waals surface area contributed by atoms with E-state index >= 15 is 0 Å². The summed E-state index contributed by atoms with van der Waals surface area (Å²) in [6.07, 6.45) is 1.60. The average molecular weight is 206 g/mol. The van der Waals surface area contributed by atoms with Gasteiger partial charge in [-0.3, -0.25) is 4.79 Å². The number of carbonyl (C=O) groups is 1. The topological polar surface area (TPSA) is 46.5 Å². The first kappa shape index (κ1) is 11.5. The summed E-state index contributed by atoms with van der Waals surface area (Å²) in [6.45, 7) is 4.05. The van der Waals surface area contributed by atoms with Crippen LogP contribution in [0.15, 0.2) is 43.0 Å². The Morgan fingerprint density at radius 1 is 1.47 bits per heavy atom. The first-order valence-corrected chi connectivity index (χ1v) is 4.72. The number of hydrogen-bond acceptors (Lipinski definition) is 2. The minimum absolute atomic E-state index is 0.172. The lowest BCUT2D eigenvalue weighted by molar-refractivity contribution is -0.140. The van der Waals surface area contributed by atoms with Crippen molar-refractivity contribution in [3.05, 3.63) is 48.6 Å². The van der Waals surface area contributed by atoms with Crippen molar-refractivity contribution < 1.29 is 14.6 Å². The Balaban J connectivity index is 2.66. The number of hydrogen-bond donors (Lipinski definition) is 1.